The van der Waals surface area contributed by atoms with Crippen LogP contribution < -0.4 is 0 Å². The molecule has 2 aliphatic carbocycles. The number of ether oxygens (including phenoxy) is 1. The van der Waals surface area contributed by atoms with Crippen molar-refractivity contribution >= 4 is 17.5 Å². The fourth-order valence-electron chi connectivity index (χ4n) is 6.13. The van der Waals surface area contributed by atoms with E-state index in [-0.39, 0.29) is 10.8 Å². The molecule has 1 aliphatic heterocycles. The molecule has 0 aromatic heterocycles. The van der Waals surface area contributed by atoms with Crippen LogP contribution in [0.15, 0.2) is 24.3 Å². The minimum absolute atomic E-state index is 0.179. The lowest BCUT2D eigenvalue weighted by Gasteiger charge is -2.47. The second-order valence-corrected chi connectivity index (χ2v) is 9.40. The number of likely N-dealkylation sites (tertiary alicyclic amines) is 1. The van der Waals surface area contributed by atoms with E-state index in [0.29, 0.717) is 12.0 Å². The van der Waals surface area contributed by atoms with Crippen molar-refractivity contribution < 1.29 is 9.53 Å². The molecule has 1 saturated heterocycles. The summed E-state index contributed by atoms with van der Waals surface area (Å²) in [7, 11) is 1.84. The lowest BCUT2D eigenvalue weighted by Crippen LogP contribution is -2.55. The second kappa shape index (κ2) is 7.75. The molecular formula is C23H32ClNO2. The van der Waals surface area contributed by atoms with Crippen molar-refractivity contribution in [3.05, 3.63) is 34.9 Å². The fraction of sp³-hybridized carbons (Fsp3) is 0.696. The van der Waals surface area contributed by atoms with Crippen molar-refractivity contribution in [2.24, 2.45) is 5.41 Å². The number of carbonyl (C=O) groups excluding carboxylic acids is 1. The summed E-state index contributed by atoms with van der Waals surface area (Å²) in [6.07, 6.45) is 11.6. The van der Waals surface area contributed by atoms with Crippen LogP contribution in [0.4, 0.5) is 0 Å². The van der Waals surface area contributed by atoms with Gasteiger partial charge in [0.15, 0.2) is 0 Å². The number of rotatable bonds is 3. The van der Waals surface area contributed by atoms with Gasteiger partial charge in [0.25, 0.3) is 0 Å². The normalized spacial score (nSPS) is 30.6. The molecule has 2 saturated carbocycles. The van der Waals surface area contributed by atoms with Crippen LogP contribution in [0.2, 0.25) is 5.02 Å². The Morgan fingerprint density at radius 2 is 1.74 bits per heavy atom. The monoisotopic (exact) mass is 389 g/mol. The third-order valence-electron chi connectivity index (χ3n) is 7.52. The van der Waals surface area contributed by atoms with Gasteiger partial charge in [-0.3, -0.25) is 4.79 Å². The number of amides is 1. The summed E-state index contributed by atoms with van der Waals surface area (Å²) in [6, 6.07) is 8.05. The van der Waals surface area contributed by atoms with Gasteiger partial charge in [-0.25, -0.2) is 0 Å². The number of nitrogens with zero attached hydrogens (tertiary/aromatic N) is 1. The topological polar surface area (TPSA) is 29.5 Å². The number of piperidine rings is 1. The standard InChI is InChI=1S/C23H32ClNO2/c1-27-20-7-5-12-22(20)13-6-16-25(17-22)21(26)23(14-3-2-4-15-23)18-8-10-19(24)11-9-18/h8-11,20H,2-7,12-17H2,1H3/t20-,22+/m1/s1. The van der Waals surface area contributed by atoms with Crippen LogP contribution in [-0.2, 0) is 14.9 Å². The Hall–Kier alpha value is -1.06. The number of methoxy groups -OCH3 is 1. The SMILES string of the molecule is CO[C@@H]1CCC[C@@]12CCCN(C(=O)C1(c3ccc(Cl)cc3)CCCCC1)C2. The summed E-state index contributed by atoms with van der Waals surface area (Å²) in [5.74, 6) is 0.352. The summed E-state index contributed by atoms with van der Waals surface area (Å²) in [4.78, 5) is 16.1. The highest BCUT2D eigenvalue weighted by atomic mass is 35.5. The first-order valence-corrected chi connectivity index (χ1v) is 11.1. The number of hydrogen-bond acceptors (Lipinski definition) is 2. The molecule has 0 radical (unpaired) electrons. The van der Waals surface area contributed by atoms with Gasteiger partial charge in [0, 0.05) is 30.6 Å². The van der Waals surface area contributed by atoms with Crippen molar-refractivity contribution in [2.45, 2.75) is 75.7 Å². The third kappa shape index (κ3) is 3.42. The minimum Gasteiger partial charge on any atom is -0.381 e. The lowest BCUT2D eigenvalue weighted by atomic mass is 9.67. The van der Waals surface area contributed by atoms with E-state index >= 15 is 0 Å². The van der Waals surface area contributed by atoms with Crippen molar-refractivity contribution in [1.29, 1.82) is 0 Å². The summed E-state index contributed by atoms with van der Waals surface area (Å²) >= 11 is 6.13. The molecule has 0 unspecified atom stereocenters. The highest BCUT2D eigenvalue weighted by Gasteiger charge is 2.50. The molecule has 3 fully saturated rings. The Labute approximate surface area is 168 Å². The van der Waals surface area contributed by atoms with Gasteiger partial charge in [-0.15, -0.1) is 0 Å². The lowest BCUT2D eigenvalue weighted by molar-refractivity contribution is -0.145. The molecule has 1 aromatic rings. The van der Waals surface area contributed by atoms with Crippen LogP contribution in [0, 0.1) is 5.41 Å². The summed E-state index contributed by atoms with van der Waals surface area (Å²) in [6.45, 7) is 1.77. The van der Waals surface area contributed by atoms with Crippen LogP contribution in [0.25, 0.3) is 0 Å². The molecule has 1 amide bonds. The molecule has 4 rings (SSSR count). The van der Waals surface area contributed by atoms with Gasteiger partial charge < -0.3 is 9.64 Å². The number of benzene rings is 1. The predicted octanol–water partition coefficient (Wildman–Crippen LogP) is 5.35. The summed E-state index contributed by atoms with van der Waals surface area (Å²) < 4.78 is 5.85. The molecule has 0 N–H and O–H groups in total. The highest BCUT2D eigenvalue weighted by molar-refractivity contribution is 6.30. The second-order valence-electron chi connectivity index (χ2n) is 8.96. The van der Waals surface area contributed by atoms with Gasteiger partial charge in [0.2, 0.25) is 5.91 Å². The van der Waals surface area contributed by atoms with Crippen molar-refractivity contribution in [1.82, 2.24) is 4.90 Å². The maximum absolute atomic E-state index is 13.9. The Balaban J connectivity index is 1.62. The Morgan fingerprint density at radius 1 is 1.04 bits per heavy atom. The van der Waals surface area contributed by atoms with E-state index in [9.17, 15) is 4.79 Å². The van der Waals surface area contributed by atoms with E-state index in [2.05, 4.69) is 17.0 Å². The van der Waals surface area contributed by atoms with Crippen molar-refractivity contribution in [3.8, 4) is 0 Å². The van der Waals surface area contributed by atoms with Crippen LogP contribution in [-0.4, -0.2) is 37.1 Å². The molecule has 0 bridgehead atoms. The maximum Gasteiger partial charge on any atom is 0.233 e. The van der Waals surface area contributed by atoms with E-state index < -0.39 is 0 Å². The summed E-state index contributed by atoms with van der Waals surface area (Å²) in [5, 5.41) is 0.739. The molecule has 1 aromatic carbocycles. The summed E-state index contributed by atoms with van der Waals surface area (Å²) in [5.41, 5.74) is 0.979. The van der Waals surface area contributed by atoms with Gasteiger partial charge in [0.1, 0.15) is 0 Å². The molecular weight excluding hydrogens is 358 g/mol. The zero-order valence-corrected chi connectivity index (χ0v) is 17.3. The zero-order valence-electron chi connectivity index (χ0n) is 16.5. The van der Waals surface area contributed by atoms with Crippen molar-refractivity contribution in [2.75, 3.05) is 20.2 Å². The van der Waals surface area contributed by atoms with Gasteiger partial charge in [-0.05, 0) is 56.2 Å². The quantitative estimate of drug-likeness (QED) is 0.697. The molecule has 27 heavy (non-hydrogen) atoms. The largest absolute Gasteiger partial charge is 0.381 e. The number of carbonyl (C=O) groups is 1. The molecule has 1 spiro atoms. The van der Waals surface area contributed by atoms with Crippen molar-refractivity contribution in [3.63, 3.8) is 0 Å². The molecule has 3 aliphatic rings. The van der Waals surface area contributed by atoms with Gasteiger partial charge in [0.05, 0.1) is 11.5 Å². The predicted molar refractivity (Wildman–Crippen MR) is 109 cm³/mol. The molecule has 148 valence electrons. The first kappa shape index (κ1) is 19.3. The molecule has 2 atom stereocenters. The average Bonchev–Trinajstić information content (AvgIpc) is 3.10. The first-order chi connectivity index (χ1) is 13.1. The average molecular weight is 390 g/mol. The zero-order chi connectivity index (χ0) is 18.9. The van der Waals surface area contributed by atoms with E-state index in [0.717, 1.165) is 62.2 Å². The van der Waals surface area contributed by atoms with Gasteiger partial charge in [-0.2, -0.15) is 0 Å². The minimum atomic E-state index is -0.359. The van der Waals surface area contributed by atoms with Crippen LogP contribution >= 0.6 is 11.6 Å². The number of halogens is 1. The fourth-order valence-corrected chi connectivity index (χ4v) is 6.25. The highest BCUT2D eigenvalue weighted by Crippen LogP contribution is 2.48. The first-order valence-electron chi connectivity index (χ1n) is 10.7. The Kier molecular flexibility index (Phi) is 5.53. The smallest absolute Gasteiger partial charge is 0.233 e. The molecule has 3 nitrogen and oxygen atoms in total. The molecule has 4 heteroatoms. The van der Waals surface area contributed by atoms with Gasteiger partial charge >= 0.3 is 0 Å². The van der Waals surface area contributed by atoms with Gasteiger partial charge in [-0.1, -0.05) is 49.4 Å². The Bertz CT molecular complexity index is 667. The number of hydrogen-bond donors (Lipinski definition) is 0. The van der Waals surface area contributed by atoms with E-state index in [1.165, 1.54) is 25.7 Å². The molecule has 1 heterocycles. The van der Waals surface area contributed by atoms with E-state index in [4.69, 9.17) is 16.3 Å². The van der Waals surface area contributed by atoms with Crippen LogP contribution in [0.1, 0.15) is 69.8 Å². The third-order valence-corrected chi connectivity index (χ3v) is 7.77. The Morgan fingerprint density at radius 3 is 2.44 bits per heavy atom. The maximum atomic E-state index is 13.9. The van der Waals surface area contributed by atoms with Crippen LogP contribution in [0.5, 0.6) is 0 Å². The van der Waals surface area contributed by atoms with Crippen LogP contribution in [0.3, 0.4) is 0 Å². The van der Waals surface area contributed by atoms with E-state index in [1.54, 1.807) is 0 Å². The van der Waals surface area contributed by atoms with E-state index in [1.807, 2.05) is 19.2 Å².